The predicted molar refractivity (Wildman–Crippen MR) is 85.5 cm³/mol. The van der Waals surface area contributed by atoms with E-state index in [1.54, 1.807) is 0 Å². The summed E-state index contributed by atoms with van der Waals surface area (Å²) in [5.41, 5.74) is 5.93. The molecule has 3 N–H and O–H groups in total. The Morgan fingerprint density at radius 1 is 1.28 bits per heavy atom. The quantitative estimate of drug-likeness (QED) is 0.632. The highest BCUT2D eigenvalue weighted by Gasteiger charge is 2.43. The molecule has 1 amide bonds. The Kier molecular flexibility index (Phi) is 4.21. The average Bonchev–Trinajstić information content (AvgIpc) is 2.82. The van der Waals surface area contributed by atoms with Crippen molar-refractivity contribution in [3.63, 3.8) is 0 Å². The first-order valence-corrected chi connectivity index (χ1v) is 7.40. The van der Waals surface area contributed by atoms with Gasteiger partial charge >= 0.3 is 0 Å². The van der Waals surface area contributed by atoms with E-state index in [1.165, 1.54) is 0 Å². The Bertz CT molecular complexity index is 466. The van der Waals surface area contributed by atoms with E-state index in [0.717, 1.165) is 34.9 Å². The van der Waals surface area contributed by atoms with Gasteiger partial charge in [-0.25, -0.2) is 0 Å². The van der Waals surface area contributed by atoms with Crippen LogP contribution < -0.4 is 11.1 Å². The van der Waals surface area contributed by atoms with Gasteiger partial charge in [-0.3, -0.25) is 4.79 Å². The fourth-order valence-electron chi connectivity index (χ4n) is 2.35. The Morgan fingerprint density at radius 2 is 1.83 bits per heavy atom. The van der Waals surface area contributed by atoms with E-state index in [4.69, 9.17) is 18.0 Å². The molecular formula is C13H15IN2OS. The molecule has 2 rings (SSSR count). The molecule has 0 unspecified atom stereocenters. The number of halogens is 1. The fourth-order valence-corrected chi connectivity index (χ4v) is 3.00. The molecule has 0 aromatic heterocycles. The lowest BCUT2D eigenvalue weighted by molar-refractivity contribution is -0.122. The van der Waals surface area contributed by atoms with Crippen molar-refractivity contribution in [1.82, 2.24) is 0 Å². The zero-order valence-electron chi connectivity index (χ0n) is 9.91. The number of benzene rings is 1. The van der Waals surface area contributed by atoms with Crippen molar-refractivity contribution < 1.29 is 4.79 Å². The molecule has 0 saturated heterocycles. The summed E-state index contributed by atoms with van der Waals surface area (Å²) in [6, 6.07) is 7.69. The van der Waals surface area contributed by atoms with Gasteiger partial charge in [0, 0.05) is 9.26 Å². The Hall–Kier alpha value is -0.690. The fraction of sp³-hybridized carbons (Fsp3) is 0.385. The van der Waals surface area contributed by atoms with Crippen molar-refractivity contribution in [2.45, 2.75) is 25.7 Å². The number of nitrogens with two attached hydrogens (primary N) is 1. The maximum Gasteiger partial charge on any atom is 0.237 e. The highest BCUT2D eigenvalue weighted by atomic mass is 127. The number of rotatable bonds is 3. The molecule has 0 bridgehead atoms. The van der Waals surface area contributed by atoms with Crippen LogP contribution in [0.5, 0.6) is 0 Å². The second-order valence-corrected chi connectivity index (χ2v) is 6.30. The molecule has 1 aliphatic carbocycles. The van der Waals surface area contributed by atoms with Crippen molar-refractivity contribution in [3.05, 3.63) is 27.8 Å². The normalized spacial score (nSPS) is 17.4. The number of anilines is 1. The third-order valence-electron chi connectivity index (χ3n) is 3.47. The minimum Gasteiger partial charge on any atom is -0.392 e. The topological polar surface area (TPSA) is 55.1 Å². The van der Waals surface area contributed by atoms with E-state index in [1.807, 2.05) is 24.3 Å². The number of carbonyl (C=O) groups excluding carboxylic acids is 1. The molecule has 0 aliphatic heterocycles. The predicted octanol–water partition coefficient (Wildman–Crippen LogP) is 3.08. The summed E-state index contributed by atoms with van der Waals surface area (Å²) in [5.74, 6) is -0.0614. The molecule has 18 heavy (non-hydrogen) atoms. The summed E-state index contributed by atoms with van der Waals surface area (Å²) in [7, 11) is 0. The van der Waals surface area contributed by atoms with Gasteiger partial charge in [-0.1, -0.05) is 25.1 Å². The third kappa shape index (κ3) is 2.66. The zero-order chi connectivity index (χ0) is 13.2. The van der Waals surface area contributed by atoms with Crippen molar-refractivity contribution >= 4 is 51.4 Å². The largest absolute Gasteiger partial charge is 0.392 e. The molecule has 1 aliphatic rings. The Morgan fingerprint density at radius 3 is 2.33 bits per heavy atom. The molecule has 0 spiro atoms. The molecule has 1 aromatic rings. The SMILES string of the molecule is NC(=S)C1(C(=O)Nc2ccc(I)cc2)CCCC1. The van der Waals surface area contributed by atoms with E-state index in [-0.39, 0.29) is 5.91 Å². The first-order valence-electron chi connectivity index (χ1n) is 5.91. The number of hydrogen-bond acceptors (Lipinski definition) is 2. The second kappa shape index (κ2) is 5.52. The third-order valence-corrected chi connectivity index (χ3v) is 4.58. The summed E-state index contributed by atoms with van der Waals surface area (Å²) in [5, 5.41) is 2.92. The number of amides is 1. The zero-order valence-corrected chi connectivity index (χ0v) is 12.9. The molecule has 1 saturated carbocycles. The highest BCUT2D eigenvalue weighted by Crippen LogP contribution is 2.39. The summed E-state index contributed by atoms with van der Waals surface area (Å²) in [4.78, 5) is 12.7. The van der Waals surface area contributed by atoms with Crippen LogP contribution in [0.25, 0.3) is 0 Å². The molecule has 0 radical (unpaired) electrons. The van der Waals surface area contributed by atoms with Gasteiger partial charge in [-0.2, -0.15) is 0 Å². The lowest BCUT2D eigenvalue weighted by Crippen LogP contribution is -2.43. The van der Waals surface area contributed by atoms with Gasteiger partial charge in [0.25, 0.3) is 0 Å². The summed E-state index contributed by atoms with van der Waals surface area (Å²) >= 11 is 7.32. The first kappa shape index (κ1) is 13.7. The van der Waals surface area contributed by atoms with Crippen LogP contribution in [0.15, 0.2) is 24.3 Å². The highest BCUT2D eigenvalue weighted by molar-refractivity contribution is 14.1. The molecule has 5 heteroatoms. The monoisotopic (exact) mass is 374 g/mol. The van der Waals surface area contributed by atoms with Gasteiger partial charge < -0.3 is 11.1 Å². The van der Waals surface area contributed by atoms with Crippen LogP contribution in [0.2, 0.25) is 0 Å². The number of carbonyl (C=O) groups is 1. The first-order chi connectivity index (χ1) is 8.54. The smallest absolute Gasteiger partial charge is 0.237 e. The number of hydrogen-bond donors (Lipinski definition) is 2. The van der Waals surface area contributed by atoms with Crippen LogP contribution >= 0.6 is 34.8 Å². The standard InChI is InChI=1S/C13H15IN2OS/c14-9-3-5-10(6-4-9)16-12(17)13(11(15)18)7-1-2-8-13/h3-6H,1-2,7-8H2,(H2,15,18)(H,16,17). The van der Waals surface area contributed by atoms with E-state index in [2.05, 4.69) is 27.9 Å². The van der Waals surface area contributed by atoms with Crippen LogP contribution in [-0.2, 0) is 4.79 Å². The van der Waals surface area contributed by atoms with E-state index < -0.39 is 5.41 Å². The van der Waals surface area contributed by atoms with Gasteiger partial charge in [0.15, 0.2) is 0 Å². The number of thiocarbonyl (C=S) groups is 1. The van der Waals surface area contributed by atoms with E-state index in [9.17, 15) is 4.79 Å². The summed E-state index contributed by atoms with van der Waals surface area (Å²) in [6.07, 6.45) is 3.55. The molecule has 0 atom stereocenters. The van der Waals surface area contributed by atoms with Gasteiger partial charge in [-0.05, 0) is 59.7 Å². The van der Waals surface area contributed by atoms with Crippen LogP contribution in [-0.4, -0.2) is 10.9 Å². The Labute approximate surface area is 126 Å². The van der Waals surface area contributed by atoms with Crippen molar-refractivity contribution in [3.8, 4) is 0 Å². The molecule has 3 nitrogen and oxygen atoms in total. The lowest BCUT2D eigenvalue weighted by atomic mass is 9.85. The Balaban J connectivity index is 2.15. The molecule has 1 fully saturated rings. The molecule has 96 valence electrons. The van der Waals surface area contributed by atoms with Crippen molar-refractivity contribution in [1.29, 1.82) is 0 Å². The maximum atomic E-state index is 12.4. The maximum absolute atomic E-state index is 12.4. The average molecular weight is 374 g/mol. The van der Waals surface area contributed by atoms with E-state index >= 15 is 0 Å². The van der Waals surface area contributed by atoms with Gasteiger partial charge in [0.1, 0.15) is 0 Å². The van der Waals surface area contributed by atoms with E-state index in [0.29, 0.717) is 4.99 Å². The molecule has 0 heterocycles. The van der Waals surface area contributed by atoms with Gasteiger partial charge in [-0.15, -0.1) is 0 Å². The summed E-state index contributed by atoms with van der Waals surface area (Å²) in [6.45, 7) is 0. The van der Waals surface area contributed by atoms with Gasteiger partial charge in [0.2, 0.25) is 5.91 Å². The molecule has 1 aromatic carbocycles. The summed E-state index contributed by atoms with van der Waals surface area (Å²) < 4.78 is 1.13. The van der Waals surface area contributed by atoms with Crippen molar-refractivity contribution in [2.24, 2.45) is 11.1 Å². The van der Waals surface area contributed by atoms with Gasteiger partial charge in [0.05, 0.1) is 10.4 Å². The number of nitrogens with one attached hydrogen (secondary N) is 1. The minimum absolute atomic E-state index is 0.0614. The van der Waals surface area contributed by atoms with Crippen LogP contribution in [0, 0.1) is 8.99 Å². The minimum atomic E-state index is -0.641. The lowest BCUT2D eigenvalue weighted by Gasteiger charge is -2.26. The second-order valence-electron chi connectivity index (χ2n) is 4.61. The molecular weight excluding hydrogens is 359 g/mol. The van der Waals surface area contributed by atoms with Crippen molar-refractivity contribution in [2.75, 3.05) is 5.32 Å². The van der Waals surface area contributed by atoms with Crippen LogP contribution in [0.1, 0.15) is 25.7 Å². The van der Waals surface area contributed by atoms with Crippen LogP contribution in [0.3, 0.4) is 0 Å². The van der Waals surface area contributed by atoms with Crippen LogP contribution in [0.4, 0.5) is 5.69 Å².